The lowest BCUT2D eigenvalue weighted by Crippen LogP contribution is -2.30. The molecule has 0 heterocycles. The maximum absolute atomic E-state index is 12.7. The molecule has 0 aromatic heterocycles. The van der Waals surface area contributed by atoms with Crippen LogP contribution < -0.4 is 10.6 Å². The summed E-state index contributed by atoms with van der Waals surface area (Å²) in [5.74, 6) is -0.315. The Morgan fingerprint density at radius 3 is 2.62 bits per heavy atom. The van der Waals surface area contributed by atoms with Crippen molar-refractivity contribution in [3.05, 3.63) is 28.2 Å². The highest BCUT2D eigenvalue weighted by molar-refractivity contribution is 9.10. The molecule has 0 aliphatic carbocycles. The molecule has 1 amide bonds. The molecular weight excluding hydrogens is 353 g/mol. The molecule has 3 N–H and O–H groups in total. The number of anilines is 1. The Bertz CT molecular complexity index is 481. The highest BCUT2D eigenvalue weighted by Crippen LogP contribution is 2.36. The third-order valence-corrected chi connectivity index (χ3v) is 3.32. The number of rotatable bonds is 7. The maximum Gasteiger partial charge on any atom is 0.417 e. The molecule has 0 unspecified atom stereocenters. The van der Waals surface area contributed by atoms with Gasteiger partial charge in [0.25, 0.3) is 0 Å². The van der Waals surface area contributed by atoms with Crippen molar-refractivity contribution in [2.75, 3.05) is 25.0 Å². The van der Waals surface area contributed by atoms with E-state index >= 15 is 0 Å². The molecule has 0 bridgehead atoms. The third kappa shape index (κ3) is 6.34. The van der Waals surface area contributed by atoms with Crippen LogP contribution in [0.5, 0.6) is 0 Å². The molecule has 0 fully saturated rings. The van der Waals surface area contributed by atoms with E-state index in [2.05, 4.69) is 26.6 Å². The molecule has 0 aliphatic rings. The van der Waals surface area contributed by atoms with Crippen molar-refractivity contribution in [3.63, 3.8) is 0 Å². The number of carbonyl (C=O) groups excluding carboxylic acids is 1. The number of amides is 1. The largest absolute Gasteiger partial charge is 0.417 e. The number of nitrogens with one attached hydrogen (secondary N) is 2. The van der Waals surface area contributed by atoms with E-state index in [0.717, 1.165) is 6.07 Å². The van der Waals surface area contributed by atoms with Crippen LogP contribution in [-0.2, 0) is 11.0 Å². The first kappa shape index (κ1) is 17.8. The van der Waals surface area contributed by atoms with E-state index in [1.807, 2.05) is 0 Å². The van der Waals surface area contributed by atoms with Crippen molar-refractivity contribution in [2.45, 2.75) is 19.0 Å². The number of halogens is 4. The number of hydrogen-bond donors (Lipinski definition) is 3. The Balaban J connectivity index is 2.51. The summed E-state index contributed by atoms with van der Waals surface area (Å²) in [5, 5.41) is 13.8. The molecule has 21 heavy (non-hydrogen) atoms. The van der Waals surface area contributed by atoms with Gasteiger partial charge in [0, 0.05) is 23.3 Å². The van der Waals surface area contributed by atoms with Crippen LogP contribution in [0.2, 0.25) is 0 Å². The van der Waals surface area contributed by atoms with E-state index < -0.39 is 11.7 Å². The minimum Gasteiger partial charge on any atom is -0.396 e. The second kappa shape index (κ2) is 8.23. The van der Waals surface area contributed by atoms with Crippen LogP contribution >= 0.6 is 15.9 Å². The molecule has 118 valence electrons. The number of hydrogen-bond acceptors (Lipinski definition) is 3. The van der Waals surface area contributed by atoms with E-state index in [9.17, 15) is 18.0 Å². The molecule has 0 atom stereocenters. The van der Waals surface area contributed by atoms with Gasteiger partial charge in [0.1, 0.15) is 0 Å². The lowest BCUT2D eigenvalue weighted by atomic mass is 10.2. The van der Waals surface area contributed by atoms with Crippen LogP contribution in [0.1, 0.15) is 18.4 Å². The fourth-order valence-corrected chi connectivity index (χ4v) is 2.03. The van der Waals surface area contributed by atoms with Crippen LogP contribution in [-0.4, -0.2) is 30.7 Å². The second-order valence-corrected chi connectivity index (χ2v) is 5.18. The average molecular weight is 369 g/mol. The lowest BCUT2D eigenvalue weighted by Gasteiger charge is -2.12. The van der Waals surface area contributed by atoms with Gasteiger partial charge in [-0.25, -0.2) is 0 Å². The lowest BCUT2D eigenvalue weighted by molar-refractivity contribution is -0.138. The van der Waals surface area contributed by atoms with Gasteiger partial charge < -0.3 is 15.7 Å². The van der Waals surface area contributed by atoms with Gasteiger partial charge in [-0.15, -0.1) is 0 Å². The van der Waals surface area contributed by atoms with Crippen LogP contribution in [0, 0.1) is 0 Å². The first-order valence-electron chi connectivity index (χ1n) is 6.32. The summed E-state index contributed by atoms with van der Waals surface area (Å²) in [6.45, 7) is 0.375. The fraction of sp³-hybridized carbons (Fsp3) is 0.462. The minimum atomic E-state index is -4.46. The van der Waals surface area contributed by atoms with Gasteiger partial charge >= 0.3 is 6.18 Å². The summed E-state index contributed by atoms with van der Waals surface area (Å²) in [5.41, 5.74) is -0.577. The Hall–Kier alpha value is -1.28. The molecule has 1 rings (SSSR count). The first-order valence-corrected chi connectivity index (χ1v) is 7.12. The van der Waals surface area contributed by atoms with Crippen LogP contribution in [0.15, 0.2) is 22.7 Å². The SMILES string of the molecule is O=C(CNc1ccc(Br)c(C(F)(F)F)c1)NCCCCO. The molecule has 0 spiro atoms. The quantitative estimate of drug-likeness (QED) is 0.648. The standard InChI is InChI=1S/C13H16BrF3N2O2/c14-11-4-3-9(7-10(11)13(15,16)17)19-8-12(21)18-5-1-2-6-20/h3-4,7,19-20H,1-2,5-6,8H2,(H,18,21). The van der Waals surface area contributed by atoms with Gasteiger partial charge in [0.2, 0.25) is 5.91 Å². The van der Waals surface area contributed by atoms with Crippen molar-refractivity contribution >= 4 is 27.5 Å². The van der Waals surface area contributed by atoms with E-state index in [0.29, 0.717) is 19.4 Å². The summed E-state index contributed by atoms with van der Waals surface area (Å²) in [7, 11) is 0. The monoisotopic (exact) mass is 368 g/mol. The molecule has 0 saturated carbocycles. The van der Waals surface area contributed by atoms with Crippen LogP contribution in [0.3, 0.4) is 0 Å². The Morgan fingerprint density at radius 2 is 2.00 bits per heavy atom. The Morgan fingerprint density at radius 1 is 1.29 bits per heavy atom. The number of alkyl halides is 3. The van der Waals surface area contributed by atoms with Crippen LogP contribution in [0.25, 0.3) is 0 Å². The highest BCUT2D eigenvalue weighted by Gasteiger charge is 2.33. The molecule has 4 nitrogen and oxygen atoms in total. The number of benzene rings is 1. The predicted molar refractivity (Wildman–Crippen MR) is 77.0 cm³/mol. The van der Waals surface area contributed by atoms with Gasteiger partial charge in [0.05, 0.1) is 12.1 Å². The molecule has 0 radical (unpaired) electrons. The molecule has 1 aromatic carbocycles. The summed E-state index contributed by atoms with van der Waals surface area (Å²) in [4.78, 5) is 11.5. The zero-order valence-electron chi connectivity index (χ0n) is 11.1. The average Bonchev–Trinajstić information content (AvgIpc) is 2.41. The number of carbonyl (C=O) groups is 1. The van der Waals surface area contributed by atoms with Gasteiger partial charge in [-0.3, -0.25) is 4.79 Å². The van der Waals surface area contributed by atoms with Crippen molar-refractivity contribution in [1.29, 1.82) is 0 Å². The summed E-state index contributed by atoms with van der Waals surface area (Å²) in [6, 6.07) is 3.69. The van der Waals surface area contributed by atoms with E-state index in [-0.39, 0.29) is 29.2 Å². The fourth-order valence-electron chi connectivity index (χ4n) is 1.56. The summed E-state index contributed by atoms with van der Waals surface area (Å²) in [6.07, 6.45) is -3.21. The molecule has 0 aliphatic heterocycles. The smallest absolute Gasteiger partial charge is 0.396 e. The topological polar surface area (TPSA) is 61.4 Å². The van der Waals surface area contributed by atoms with Crippen molar-refractivity contribution in [1.82, 2.24) is 5.32 Å². The van der Waals surface area contributed by atoms with E-state index in [1.54, 1.807) is 0 Å². The van der Waals surface area contributed by atoms with Crippen molar-refractivity contribution < 1.29 is 23.1 Å². The maximum atomic E-state index is 12.7. The molecule has 8 heteroatoms. The van der Waals surface area contributed by atoms with E-state index in [4.69, 9.17) is 5.11 Å². The zero-order valence-corrected chi connectivity index (χ0v) is 12.7. The second-order valence-electron chi connectivity index (χ2n) is 4.33. The predicted octanol–water partition coefficient (Wildman–Crippen LogP) is 2.77. The molecular formula is C13H16BrF3N2O2. The van der Waals surface area contributed by atoms with E-state index in [1.165, 1.54) is 12.1 Å². The van der Waals surface area contributed by atoms with Crippen LogP contribution in [0.4, 0.5) is 18.9 Å². The molecule has 1 aromatic rings. The zero-order chi connectivity index (χ0) is 15.9. The number of unbranched alkanes of at least 4 members (excludes halogenated alkanes) is 1. The number of aliphatic hydroxyl groups is 1. The molecule has 0 saturated heterocycles. The Labute approximate surface area is 128 Å². The Kier molecular flexibility index (Phi) is 6.97. The van der Waals surface area contributed by atoms with Crippen molar-refractivity contribution in [2.24, 2.45) is 0 Å². The highest BCUT2D eigenvalue weighted by atomic mass is 79.9. The summed E-state index contributed by atoms with van der Waals surface area (Å²) < 4.78 is 38.1. The van der Waals surface area contributed by atoms with Crippen molar-refractivity contribution in [3.8, 4) is 0 Å². The van der Waals surface area contributed by atoms with Gasteiger partial charge in [-0.05, 0) is 31.0 Å². The van der Waals surface area contributed by atoms with Gasteiger partial charge in [-0.2, -0.15) is 13.2 Å². The first-order chi connectivity index (χ1) is 9.84. The third-order valence-electron chi connectivity index (χ3n) is 2.63. The number of aliphatic hydroxyl groups excluding tert-OH is 1. The minimum absolute atomic E-state index is 0.0472. The van der Waals surface area contributed by atoms with Gasteiger partial charge in [0.15, 0.2) is 0 Å². The normalized spacial score (nSPS) is 11.3. The summed E-state index contributed by atoms with van der Waals surface area (Å²) >= 11 is 2.85. The van der Waals surface area contributed by atoms with Gasteiger partial charge in [-0.1, -0.05) is 15.9 Å².